The molecule has 0 saturated carbocycles. The molecule has 0 aliphatic carbocycles. The van der Waals surface area contributed by atoms with Crippen LogP contribution in [0.3, 0.4) is 0 Å². The molecule has 2 aromatic rings. The minimum atomic E-state index is -0.251. The van der Waals surface area contributed by atoms with Crippen molar-refractivity contribution in [1.29, 1.82) is 5.26 Å². The predicted molar refractivity (Wildman–Crippen MR) is 118 cm³/mol. The van der Waals surface area contributed by atoms with Crippen molar-refractivity contribution in [3.05, 3.63) is 48.7 Å². The number of nitriles is 1. The molecule has 156 valence electrons. The van der Waals surface area contributed by atoms with E-state index in [1.54, 1.807) is 4.90 Å². The third kappa shape index (κ3) is 4.47. The number of piperidine rings is 1. The molecule has 3 heterocycles. The average Bonchev–Trinajstić information content (AvgIpc) is 3.28. The molecule has 0 bridgehead atoms. The normalized spacial score (nSPS) is 20.7. The summed E-state index contributed by atoms with van der Waals surface area (Å²) in [5.41, 5.74) is 2.23. The van der Waals surface area contributed by atoms with Crippen molar-refractivity contribution >= 4 is 11.7 Å². The van der Waals surface area contributed by atoms with Crippen molar-refractivity contribution in [3.63, 3.8) is 0 Å². The van der Waals surface area contributed by atoms with E-state index in [9.17, 15) is 10.1 Å². The first kappa shape index (κ1) is 20.4. The molecule has 2 saturated heterocycles. The van der Waals surface area contributed by atoms with Gasteiger partial charge in [-0.2, -0.15) is 5.26 Å². The van der Waals surface area contributed by atoms with E-state index >= 15 is 0 Å². The standard InChI is InChI=1S/C24H29N5O/c1-24(27-18-23(30)29-13-5-8-21(29)16-25)11-14-28(15-12-24)22-10-9-20(17-26-22)19-6-3-2-4-7-19/h2-4,6-7,9-10,17,21,27H,5,8,11-15,18H2,1H3/t21-/m0/s1. The second-order valence-electron chi connectivity index (χ2n) is 8.55. The first-order valence-corrected chi connectivity index (χ1v) is 10.8. The van der Waals surface area contributed by atoms with E-state index in [1.807, 2.05) is 24.4 Å². The van der Waals surface area contributed by atoms with E-state index in [0.29, 0.717) is 13.1 Å². The highest BCUT2D eigenvalue weighted by atomic mass is 16.2. The second-order valence-corrected chi connectivity index (χ2v) is 8.55. The first-order chi connectivity index (χ1) is 14.6. The molecule has 0 unspecified atom stereocenters. The number of hydrogen-bond donors (Lipinski definition) is 1. The molecule has 1 amide bonds. The summed E-state index contributed by atoms with van der Waals surface area (Å²) in [6, 6.07) is 16.5. The Labute approximate surface area is 178 Å². The number of amides is 1. The van der Waals surface area contributed by atoms with E-state index in [-0.39, 0.29) is 17.5 Å². The number of aromatic nitrogens is 1. The highest BCUT2D eigenvalue weighted by molar-refractivity contribution is 5.79. The number of pyridine rings is 1. The largest absolute Gasteiger partial charge is 0.356 e. The molecule has 1 atom stereocenters. The van der Waals surface area contributed by atoms with Gasteiger partial charge >= 0.3 is 0 Å². The predicted octanol–water partition coefficient (Wildman–Crippen LogP) is 3.21. The third-order valence-corrected chi connectivity index (χ3v) is 6.43. The Hall–Kier alpha value is -2.91. The molecule has 2 fully saturated rings. The van der Waals surface area contributed by atoms with Crippen LogP contribution in [0.4, 0.5) is 5.82 Å². The summed E-state index contributed by atoms with van der Waals surface area (Å²) in [4.78, 5) is 21.2. The zero-order valence-electron chi connectivity index (χ0n) is 17.6. The molecule has 1 aromatic heterocycles. The molecule has 1 N–H and O–H groups in total. The molecular weight excluding hydrogens is 374 g/mol. The van der Waals surface area contributed by atoms with Crippen molar-refractivity contribution < 1.29 is 4.79 Å². The Morgan fingerprint density at radius 1 is 1.17 bits per heavy atom. The molecule has 6 heteroatoms. The molecule has 0 spiro atoms. The number of carbonyl (C=O) groups is 1. The van der Waals surface area contributed by atoms with Crippen LogP contribution in [0.1, 0.15) is 32.6 Å². The molecule has 0 radical (unpaired) electrons. The average molecular weight is 404 g/mol. The zero-order valence-corrected chi connectivity index (χ0v) is 17.6. The van der Waals surface area contributed by atoms with Gasteiger partial charge in [-0.05, 0) is 50.3 Å². The first-order valence-electron chi connectivity index (χ1n) is 10.8. The van der Waals surface area contributed by atoms with Gasteiger partial charge in [-0.1, -0.05) is 30.3 Å². The van der Waals surface area contributed by atoms with Crippen LogP contribution in [0.2, 0.25) is 0 Å². The summed E-state index contributed by atoms with van der Waals surface area (Å²) < 4.78 is 0. The van der Waals surface area contributed by atoms with E-state index in [0.717, 1.165) is 50.2 Å². The number of nitrogens with zero attached hydrogens (tertiary/aromatic N) is 4. The number of anilines is 1. The van der Waals surface area contributed by atoms with Crippen LogP contribution in [-0.2, 0) is 4.79 Å². The van der Waals surface area contributed by atoms with Crippen LogP contribution in [0.5, 0.6) is 0 Å². The number of carbonyl (C=O) groups excluding carboxylic acids is 1. The highest BCUT2D eigenvalue weighted by Gasteiger charge is 2.33. The maximum Gasteiger partial charge on any atom is 0.237 e. The monoisotopic (exact) mass is 403 g/mol. The minimum absolute atomic E-state index is 0.0425. The van der Waals surface area contributed by atoms with Gasteiger partial charge in [0.15, 0.2) is 0 Å². The van der Waals surface area contributed by atoms with Crippen molar-refractivity contribution in [1.82, 2.24) is 15.2 Å². The second kappa shape index (κ2) is 8.85. The molecular formula is C24H29N5O. The van der Waals surface area contributed by atoms with Gasteiger partial charge in [-0.25, -0.2) is 4.98 Å². The van der Waals surface area contributed by atoms with Gasteiger partial charge in [-0.3, -0.25) is 4.79 Å². The zero-order chi connectivity index (χ0) is 21.0. The fraction of sp³-hybridized carbons (Fsp3) is 0.458. The van der Waals surface area contributed by atoms with E-state index in [2.05, 4.69) is 52.5 Å². The lowest BCUT2D eigenvalue weighted by atomic mass is 9.89. The van der Waals surface area contributed by atoms with Gasteiger partial charge in [0.1, 0.15) is 11.9 Å². The molecule has 30 heavy (non-hydrogen) atoms. The summed E-state index contributed by atoms with van der Waals surface area (Å²) in [5.74, 6) is 1.04. The number of likely N-dealkylation sites (tertiary alicyclic amines) is 1. The Morgan fingerprint density at radius 3 is 2.60 bits per heavy atom. The smallest absolute Gasteiger partial charge is 0.237 e. The van der Waals surface area contributed by atoms with E-state index in [1.165, 1.54) is 5.56 Å². The van der Waals surface area contributed by atoms with Crippen molar-refractivity contribution in [2.75, 3.05) is 31.1 Å². The summed E-state index contributed by atoms with van der Waals surface area (Å²) in [6.45, 7) is 5.00. The van der Waals surface area contributed by atoms with Gasteiger partial charge in [0.05, 0.1) is 12.6 Å². The molecule has 4 rings (SSSR count). The molecule has 1 aromatic carbocycles. The SMILES string of the molecule is CC1(NCC(=O)N2CCC[C@H]2C#N)CCN(c2ccc(-c3ccccc3)cn2)CC1. The van der Waals surface area contributed by atoms with Crippen LogP contribution in [0.15, 0.2) is 48.7 Å². The lowest BCUT2D eigenvalue weighted by Gasteiger charge is -2.40. The van der Waals surface area contributed by atoms with Gasteiger partial charge in [-0.15, -0.1) is 0 Å². The Morgan fingerprint density at radius 2 is 1.93 bits per heavy atom. The lowest BCUT2D eigenvalue weighted by molar-refractivity contribution is -0.130. The maximum absolute atomic E-state index is 12.5. The topological polar surface area (TPSA) is 72.3 Å². The van der Waals surface area contributed by atoms with Gasteiger partial charge in [0.2, 0.25) is 5.91 Å². The molecule has 2 aliphatic rings. The fourth-order valence-corrected chi connectivity index (χ4v) is 4.37. The third-order valence-electron chi connectivity index (χ3n) is 6.43. The Bertz CT molecular complexity index is 897. The summed E-state index contributed by atoms with van der Waals surface area (Å²) in [6.07, 6.45) is 5.56. The Balaban J connectivity index is 1.30. The van der Waals surface area contributed by atoms with Crippen LogP contribution in [0, 0.1) is 11.3 Å². The molecule has 2 aliphatic heterocycles. The van der Waals surface area contributed by atoms with Crippen molar-refractivity contribution in [2.45, 2.75) is 44.2 Å². The fourth-order valence-electron chi connectivity index (χ4n) is 4.37. The summed E-state index contributed by atoms with van der Waals surface area (Å²) in [5, 5.41) is 12.7. The van der Waals surface area contributed by atoms with Gasteiger partial charge < -0.3 is 15.1 Å². The summed E-state index contributed by atoms with van der Waals surface area (Å²) in [7, 11) is 0. The van der Waals surface area contributed by atoms with Crippen LogP contribution in [0.25, 0.3) is 11.1 Å². The maximum atomic E-state index is 12.5. The summed E-state index contributed by atoms with van der Waals surface area (Å²) >= 11 is 0. The van der Waals surface area contributed by atoms with Crippen LogP contribution >= 0.6 is 0 Å². The minimum Gasteiger partial charge on any atom is -0.356 e. The van der Waals surface area contributed by atoms with Crippen molar-refractivity contribution in [2.24, 2.45) is 0 Å². The number of rotatable bonds is 5. The molecule has 6 nitrogen and oxygen atoms in total. The quantitative estimate of drug-likeness (QED) is 0.830. The van der Waals surface area contributed by atoms with Crippen molar-refractivity contribution in [3.8, 4) is 17.2 Å². The number of benzene rings is 1. The van der Waals surface area contributed by atoms with Crippen LogP contribution in [-0.4, -0.2) is 53.6 Å². The van der Waals surface area contributed by atoms with Gasteiger partial charge in [0.25, 0.3) is 0 Å². The Kier molecular flexibility index (Phi) is 6.01. The lowest BCUT2D eigenvalue weighted by Crippen LogP contribution is -2.54. The van der Waals surface area contributed by atoms with Gasteiger partial charge in [0, 0.05) is 36.9 Å². The van der Waals surface area contributed by atoms with E-state index in [4.69, 9.17) is 0 Å². The van der Waals surface area contributed by atoms with Crippen LogP contribution < -0.4 is 10.2 Å². The number of nitrogens with one attached hydrogen (secondary N) is 1. The number of hydrogen-bond acceptors (Lipinski definition) is 5. The van der Waals surface area contributed by atoms with E-state index < -0.39 is 0 Å². The highest BCUT2D eigenvalue weighted by Crippen LogP contribution is 2.27.